The van der Waals surface area contributed by atoms with Crippen LogP contribution in [0.1, 0.15) is 16.5 Å². The summed E-state index contributed by atoms with van der Waals surface area (Å²) < 4.78 is 6.58. The molecule has 4 heteroatoms. The van der Waals surface area contributed by atoms with Crippen molar-refractivity contribution in [1.29, 1.82) is 0 Å². The molecular weight excluding hydrogens is 310 g/mol. The predicted octanol–water partition coefficient (Wildman–Crippen LogP) is 4.02. The van der Waals surface area contributed by atoms with Gasteiger partial charge in [-0.05, 0) is 35.1 Å². The second-order valence-electron chi connectivity index (χ2n) is 4.02. The molecule has 1 aromatic heterocycles. The Morgan fingerprint density at radius 1 is 1.39 bits per heavy atom. The van der Waals surface area contributed by atoms with E-state index in [1.807, 2.05) is 25.2 Å². The fourth-order valence-corrected chi connectivity index (χ4v) is 3.48. The Hall–Kier alpha value is -0.840. The fraction of sp³-hybridized carbons (Fsp3) is 0.286. The number of nitrogens with one attached hydrogen (secondary N) is 1. The summed E-state index contributed by atoms with van der Waals surface area (Å²) in [7, 11) is 3.70. The zero-order valence-corrected chi connectivity index (χ0v) is 12.8. The van der Waals surface area contributed by atoms with Crippen molar-refractivity contribution in [2.24, 2.45) is 0 Å². The molecule has 0 spiro atoms. The minimum Gasteiger partial charge on any atom is -0.496 e. The molecule has 1 N–H and O–H groups in total. The number of benzene rings is 1. The first-order chi connectivity index (χ1) is 8.74. The molecular formula is C14H16BrNOS. The molecule has 18 heavy (non-hydrogen) atoms. The number of rotatable bonds is 5. The van der Waals surface area contributed by atoms with Crippen molar-refractivity contribution in [3.63, 3.8) is 0 Å². The topological polar surface area (TPSA) is 21.3 Å². The first-order valence-electron chi connectivity index (χ1n) is 5.77. The fourth-order valence-electron chi connectivity index (χ4n) is 1.98. The SMILES string of the molecule is CNC(Cc1cc(Br)cs1)c1ccccc1OC. The van der Waals surface area contributed by atoms with Crippen LogP contribution in [0.2, 0.25) is 0 Å². The first kappa shape index (κ1) is 13.6. The van der Waals surface area contributed by atoms with E-state index < -0.39 is 0 Å². The van der Waals surface area contributed by atoms with Crippen molar-refractivity contribution in [1.82, 2.24) is 5.32 Å². The number of likely N-dealkylation sites (N-methyl/N-ethyl adjacent to an activating group) is 1. The number of methoxy groups -OCH3 is 1. The molecule has 0 fully saturated rings. The van der Waals surface area contributed by atoms with E-state index in [2.05, 4.69) is 38.8 Å². The third-order valence-electron chi connectivity index (χ3n) is 2.89. The lowest BCUT2D eigenvalue weighted by Crippen LogP contribution is -2.19. The summed E-state index contributed by atoms with van der Waals surface area (Å²) in [5.74, 6) is 0.937. The zero-order chi connectivity index (χ0) is 13.0. The van der Waals surface area contributed by atoms with E-state index in [1.165, 1.54) is 10.4 Å². The summed E-state index contributed by atoms with van der Waals surface area (Å²) in [5, 5.41) is 5.48. The minimum absolute atomic E-state index is 0.270. The Labute approximate surface area is 120 Å². The van der Waals surface area contributed by atoms with Gasteiger partial charge in [0.1, 0.15) is 5.75 Å². The summed E-state index contributed by atoms with van der Waals surface area (Å²) in [4.78, 5) is 1.35. The predicted molar refractivity (Wildman–Crippen MR) is 80.5 cm³/mol. The second kappa shape index (κ2) is 6.36. The third-order valence-corrected chi connectivity index (χ3v) is 4.61. The van der Waals surface area contributed by atoms with Crippen LogP contribution >= 0.6 is 27.3 Å². The maximum atomic E-state index is 5.43. The van der Waals surface area contributed by atoms with Crippen LogP contribution in [0, 0.1) is 0 Å². The molecule has 0 aliphatic carbocycles. The lowest BCUT2D eigenvalue weighted by atomic mass is 10.0. The van der Waals surface area contributed by atoms with Gasteiger partial charge >= 0.3 is 0 Å². The van der Waals surface area contributed by atoms with Gasteiger partial charge in [-0.1, -0.05) is 18.2 Å². The van der Waals surface area contributed by atoms with Crippen molar-refractivity contribution in [3.8, 4) is 5.75 Å². The molecule has 96 valence electrons. The van der Waals surface area contributed by atoms with Crippen molar-refractivity contribution in [2.45, 2.75) is 12.5 Å². The summed E-state index contributed by atoms with van der Waals surface area (Å²) in [6, 6.07) is 10.6. The number of halogens is 1. The highest BCUT2D eigenvalue weighted by atomic mass is 79.9. The highest BCUT2D eigenvalue weighted by molar-refractivity contribution is 9.10. The Bertz CT molecular complexity index is 512. The summed E-state index contributed by atoms with van der Waals surface area (Å²) in [5.41, 5.74) is 1.20. The van der Waals surface area contributed by atoms with Crippen molar-refractivity contribution >= 4 is 27.3 Å². The molecule has 1 aromatic carbocycles. The van der Waals surface area contributed by atoms with Crippen molar-refractivity contribution in [3.05, 3.63) is 50.6 Å². The summed E-state index contributed by atoms with van der Waals surface area (Å²) in [6.07, 6.45) is 0.965. The molecule has 0 radical (unpaired) electrons. The molecule has 2 aromatic rings. The van der Waals surface area contributed by atoms with Gasteiger partial charge in [-0.15, -0.1) is 11.3 Å². The van der Waals surface area contributed by atoms with Crippen LogP contribution in [0.3, 0.4) is 0 Å². The number of hydrogen-bond donors (Lipinski definition) is 1. The largest absolute Gasteiger partial charge is 0.496 e. The number of hydrogen-bond acceptors (Lipinski definition) is 3. The van der Waals surface area contributed by atoms with E-state index in [-0.39, 0.29) is 6.04 Å². The third kappa shape index (κ3) is 3.13. The van der Waals surface area contributed by atoms with Crippen molar-refractivity contribution < 1.29 is 4.74 Å². The number of thiophene rings is 1. The summed E-state index contributed by atoms with van der Waals surface area (Å²) >= 11 is 5.27. The number of ether oxygens (including phenoxy) is 1. The van der Waals surface area contributed by atoms with Crippen LogP contribution < -0.4 is 10.1 Å². The Kier molecular flexibility index (Phi) is 4.80. The van der Waals surface area contributed by atoms with Gasteiger partial charge in [0, 0.05) is 32.8 Å². The van der Waals surface area contributed by atoms with Crippen LogP contribution in [0.15, 0.2) is 40.2 Å². The van der Waals surface area contributed by atoms with Crippen LogP contribution in [0.4, 0.5) is 0 Å². The van der Waals surface area contributed by atoms with Crippen LogP contribution in [0.25, 0.3) is 0 Å². The molecule has 1 atom stereocenters. The van der Waals surface area contributed by atoms with E-state index in [4.69, 9.17) is 4.74 Å². The molecule has 2 rings (SSSR count). The Morgan fingerprint density at radius 3 is 2.78 bits per heavy atom. The molecule has 2 nitrogen and oxygen atoms in total. The monoisotopic (exact) mass is 325 g/mol. The maximum absolute atomic E-state index is 5.43. The molecule has 1 unspecified atom stereocenters. The highest BCUT2D eigenvalue weighted by Gasteiger charge is 2.15. The molecule has 0 amide bonds. The number of para-hydroxylation sites is 1. The van der Waals surface area contributed by atoms with Gasteiger partial charge in [0.05, 0.1) is 7.11 Å². The van der Waals surface area contributed by atoms with E-state index >= 15 is 0 Å². The molecule has 0 bridgehead atoms. The quantitative estimate of drug-likeness (QED) is 0.896. The van der Waals surface area contributed by atoms with Gasteiger partial charge < -0.3 is 10.1 Å². The lowest BCUT2D eigenvalue weighted by Gasteiger charge is -2.18. The Morgan fingerprint density at radius 2 is 2.17 bits per heavy atom. The zero-order valence-electron chi connectivity index (χ0n) is 10.4. The molecule has 0 saturated carbocycles. The summed E-state index contributed by atoms with van der Waals surface area (Å²) in [6.45, 7) is 0. The van der Waals surface area contributed by atoms with Gasteiger partial charge in [0.15, 0.2) is 0 Å². The van der Waals surface area contributed by atoms with Gasteiger partial charge in [-0.3, -0.25) is 0 Å². The van der Waals surface area contributed by atoms with Gasteiger partial charge in [-0.25, -0.2) is 0 Å². The highest BCUT2D eigenvalue weighted by Crippen LogP contribution is 2.29. The standard InChI is InChI=1S/C14H16BrNOS/c1-16-13(8-11-7-10(15)9-18-11)12-5-3-4-6-14(12)17-2/h3-7,9,13,16H,8H2,1-2H3. The van der Waals surface area contributed by atoms with Gasteiger partial charge in [0.25, 0.3) is 0 Å². The maximum Gasteiger partial charge on any atom is 0.123 e. The lowest BCUT2D eigenvalue weighted by molar-refractivity contribution is 0.401. The van der Waals surface area contributed by atoms with Gasteiger partial charge in [-0.2, -0.15) is 0 Å². The molecule has 0 aliphatic rings. The van der Waals surface area contributed by atoms with E-state index in [1.54, 1.807) is 18.4 Å². The average Bonchev–Trinajstić information content (AvgIpc) is 2.81. The van der Waals surface area contributed by atoms with Crippen molar-refractivity contribution in [2.75, 3.05) is 14.2 Å². The van der Waals surface area contributed by atoms with Crippen LogP contribution in [0.5, 0.6) is 5.75 Å². The van der Waals surface area contributed by atoms with E-state index in [0.717, 1.165) is 16.6 Å². The van der Waals surface area contributed by atoms with Crippen LogP contribution in [-0.4, -0.2) is 14.2 Å². The minimum atomic E-state index is 0.270. The molecule has 1 heterocycles. The normalized spacial score (nSPS) is 12.4. The Balaban J connectivity index is 2.22. The molecule has 0 aliphatic heterocycles. The smallest absolute Gasteiger partial charge is 0.123 e. The second-order valence-corrected chi connectivity index (χ2v) is 5.93. The average molecular weight is 326 g/mol. The first-order valence-corrected chi connectivity index (χ1v) is 7.45. The van der Waals surface area contributed by atoms with Gasteiger partial charge in [0.2, 0.25) is 0 Å². The van der Waals surface area contributed by atoms with Crippen LogP contribution in [-0.2, 0) is 6.42 Å². The van der Waals surface area contributed by atoms with E-state index in [0.29, 0.717) is 0 Å². The van der Waals surface area contributed by atoms with E-state index in [9.17, 15) is 0 Å². The molecule has 0 saturated heterocycles.